The van der Waals surface area contributed by atoms with Crippen LogP contribution in [0.25, 0.3) is 0 Å². The normalized spacial score (nSPS) is 13.5. The molecule has 0 bridgehead atoms. The van der Waals surface area contributed by atoms with Gasteiger partial charge in [-0.15, -0.1) is 0 Å². The number of carbonyl (C=O) groups excluding carboxylic acids is 2. The summed E-state index contributed by atoms with van der Waals surface area (Å²) >= 11 is 0. The molecule has 0 heterocycles. The predicted octanol–water partition coefficient (Wildman–Crippen LogP) is -0.727. The van der Waals surface area contributed by atoms with E-state index in [4.69, 9.17) is 5.11 Å². The Morgan fingerprint density at radius 3 is 2.28 bits per heavy atom. The third-order valence-corrected chi connectivity index (χ3v) is 4.01. The minimum absolute atomic E-state index is 0.110. The Hall–Kier alpha value is -1.93. The standard InChI is InChI=1S/C17H30N2O6/c1-2-3-4-5-6-15(21)18-9-12-19(13-14-20,10-7-16(22)23)11-8-17(24)25/h3-4,20H,2,5-14H2,1H3,(H2-,18,21,22,23,24,25)/b4-3+. The lowest BCUT2D eigenvalue weighted by Crippen LogP contribution is -2.55. The number of aliphatic carboxylic acids is 2. The largest absolute Gasteiger partial charge is 0.550 e. The third-order valence-electron chi connectivity index (χ3n) is 4.01. The number of hydrogen-bond acceptors (Lipinski definition) is 5. The highest BCUT2D eigenvalue weighted by atomic mass is 16.4. The maximum atomic E-state index is 11.8. The number of carboxylic acid groups (broad SMARTS) is 2. The van der Waals surface area contributed by atoms with E-state index in [0.717, 1.165) is 6.42 Å². The van der Waals surface area contributed by atoms with Gasteiger partial charge < -0.3 is 29.9 Å². The monoisotopic (exact) mass is 358 g/mol. The molecule has 0 spiro atoms. The topological polar surface area (TPSA) is 127 Å². The highest BCUT2D eigenvalue weighted by Crippen LogP contribution is 2.10. The number of hydrogen-bond donors (Lipinski definition) is 3. The van der Waals surface area contributed by atoms with Gasteiger partial charge in [0.1, 0.15) is 6.54 Å². The molecule has 0 aromatic carbocycles. The molecule has 0 saturated heterocycles. The first-order valence-corrected chi connectivity index (χ1v) is 8.64. The van der Waals surface area contributed by atoms with Crippen LogP contribution >= 0.6 is 0 Å². The number of allylic oxidation sites excluding steroid dienone is 2. The molecule has 8 nitrogen and oxygen atoms in total. The van der Waals surface area contributed by atoms with Crippen molar-refractivity contribution in [1.82, 2.24) is 5.32 Å². The van der Waals surface area contributed by atoms with Crippen molar-refractivity contribution in [3.05, 3.63) is 12.2 Å². The van der Waals surface area contributed by atoms with Gasteiger partial charge in [0, 0.05) is 18.8 Å². The van der Waals surface area contributed by atoms with E-state index in [0.29, 0.717) is 25.9 Å². The van der Waals surface area contributed by atoms with E-state index in [1.807, 2.05) is 19.1 Å². The van der Waals surface area contributed by atoms with E-state index in [1.165, 1.54) is 0 Å². The van der Waals surface area contributed by atoms with Crippen LogP contribution in [0.2, 0.25) is 0 Å². The number of rotatable bonds is 15. The number of amides is 1. The van der Waals surface area contributed by atoms with Crippen LogP contribution < -0.4 is 10.4 Å². The summed E-state index contributed by atoms with van der Waals surface area (Å²) in [6.45, 7) is 3.06. The number of carbonyl (C=O) groups is 3. The maximum absolute atomic E-state index is 11.8. The van der Waals surface area contributed by atoms with Crippen molar-refractivity contribution in [2.45, 2.75) is 39.0 Å². The molecule has 0 radical (unpaired) electrons. The molecule has 0 aromatic rings. The van der Waals surface area contributed by atoms with E-state index in [9.17, 15) is 24.6 Å². The van der Waals surface area contributed by atoms with Crippen molar-refractivity contribution in [1.29, 1.82) is 0 Å². The fourth-order valence-electron chi connectivity index (χ4n) is 2.56. The molecule has 1 unspecified atom stereocenters. The van der Waals surface area contributed by atoms with E-state index in [-0.39, 0.29) is 49.5 Å². The molecule has 0 aromatic heterocycles. The van der Waals surface area contributed by atoms with Crippen LogP contribution in [0.5, 0.6) is 0 Å². The summed E-state index contributed by atoms with van der Waals surface area (Å²) in [5.41, 5.74) is 0. The summed E-state index contributed by atoms with van der Waals surface area (Å²) in [5, 5.41) is 31.7. The molecule has 0 rings (SSSR count). The Labute approximate surface area is 148 Å². The summed E-state index contributed by atoms with van der Waals surface area (Å²) in [6.07, 6.45) is 5.51. The first kappa shape index (κ1) is 23.1. The summed E-state index contributed by atoms with van der Waals surface area (Å²) in [7, 11) is 0. The van der Waals surface area contributed by atoms with Gasteiger partial charge >= 0.3 is 5.97 Å². The van der Waals surface area contributed by atoms with Crippen molar-refractivity contribution in [3.63, 3.8) is 0 Å². The van der Waals surface area contributed by atoms with Gasteiger partial charge in [0.15, 0.2) is 0 Å². The number of nitrogens with zero attached hydrogens (tertiary/aromatic N) is 1. The van der Waals surface area contributed by atoms with Gasteiger partial charge in [-0.05, 0) is 12.8 Å². The first-order valence-electron chi connectivity index (χ1n) is 8.64. The molecule has 1 atom stereocenters. The molecule has 0 aliphatic carbocycles. The van der Waals surface area contributed by atoms with E-state index in [2.05, 4.69) is 5.32 Å². The number of aliphatic hydroxyl groups is 1. The zero-order valence-corrected chi connectivity index (χ0v) is 14.9. The van der Waals surface area contributed by atoms with Gasteiger partial charge in [-0.2, -0.15) is 0 Å². The van der Waals surface area contributed by atoms with Gasteiger partial charge in [-0.3, -0.25) is 9.59 Å². The SMILES string of the molecule is CC/C=C/CCC(=O)NCC[N+](CCO)(CCC(=O)[O-])CCC(=O)O. The van der Waals surface area contributed by atoms with Crippen molar-refractivity contribution < 1.29 is 34.2 Å². The lowest BCUT2D eigenvalue weighted by atomic mass is 10.2. The molecule has 1 amide bonds. The minimum Gasteiger partial charge on any atom is -0.550 e. The Morgan fingerprint density at radius 1 is 1.04 bits per heavy atom. The van der Waals surface area contributed by atoms with Gasteiger partial charge in [-0.1, -0.05) is 19.1 Å². The smallest absolute Gasteiger partial charge is 0.309 e. The second-order valence-corrected chi connectivity index (χ2v) is 5.99. The quantitative estimate of drug-likeness (QED) is 0.262. The predicted molar refractivity (Wildman–Crippen MR) is 90.4 cm³/mol. The maximum Gasteiger partial charge on any atom is 0.309 e. The summed E-state index contributed by atoms with van der Waals surface area (Å²) in [4.78, 5) is 33.4. The molecule has 144 valence electrons. The molecular weight excluding hydrogens is 328 g/mol. The fraction of sp³-hybridized carbons (Fsp3) is 0.706. The average Bonchev–Trinajstić information content (AvgIpc) is 2.55. The molecule has 25 heavy (non-hydrogen) atoms. The number of carboxylic acids is 2. The third kappa shape index (κ3) is 12.1. The Bertz CT molecular complexity index is 432. The number of quaternary nitrogens is 1. The van der Waals surface area contributed by atoms with Crippen LogP contribution in [-0.4, -0.2) is 71.9 Å². The van der Waals surface area contributed by atoms with Crippen LogP contribution in [-0.2, 0) is 14.4 Å². The van der Waals surface area contributed by atoms with E-state index in [1.54, 1.807) is 0 Å². The first-order chi connectivity index (χ1) is 11.8. The van der Waals surface area contributed by atoms with Crippen LogP contribution in [0.1, 0.15) is 39.0 Å². The summed E-state index contributed by atoms with van der Waals surface area (Å²) < 4.78 is 0.118. The van der Waals surface area contributed by atoms with Crippen LogP contribution in [0.4, 0.5) is 0 Å². The minimum atomic E-state index is -1.22. The Kier molecular flexibility index (Phi) is 12.3. The van der Waals surface area contributed by atoms with E-state index >= 15 is 0 Å². The highest BCUT2D eigenvalue weighted by Gasteiger charge is 2.27. The number of nitrogens with one attached hydrogen (secondary N) is 1. The Morgan fingerprint density at radius 2 is 1.72 bits per heavy atom. The summed E-state index contributed by atoms with van der Waals surface area (Å²) in [6, 6.07) is 0. The second kappa shape index (κ2) is 13.4. The molecule has 3 N–H and O–H groups in total. The lowest BCUT2D eigenvalue weighted by molar-refractivity contribution is -0.926. The average molecular weight is 358 g/mol. The van der Waals surface area contributed by atoms with Gasteiger partial charge in [0.05, 0.1) is 39.2 Å². The van der Waals surface area contributed by atoms with Gasteiger partial charge in [-0.25, -0.2) is 0 Å². The fourth-order valence-corrected chi connectivity index (χ4v) is 2.56. The van der Waals surface area contributed by atoms with Crippen LogP contribution in [0, 0.1) is 0 Å². The highest BCUT2D eigenvalue weighted by molar-refractivity contribution is 5.75. The van der Waals surface area contributed by atoms with Gasteiger partial charge in [0.2, 0.25) is 5.91 Å². The van der Waals surface area contributed by atoms with Crippen molar-refractivity contribution in [2.24, 2.45) is 0 Å². The van der Waals surface area contributed by atoms with Gasteiger partial charge in [0.25, 0.3) is 0 Å². The van der Waals surface area contributed by atoms with Crippen molar-refractivity contribution >= 4 is 17.8 Å². The van der Waals surface area contributed by atoms with E-state index < -0.39 is 11.9 Å². The molecule has 0 fully saturated rings. The Balaban J connectivity index is 4.61. The zero-order chi connectivity index (χ0) is 19.1. The molecular formula is C17H30N2O6. The lowest BCUT2D eigenvalue weighted by Gasteiger charge is -2.38. The molecule has 0 aliphatic heterocycles. The molecule has 8 heteroatoms. The zero-order valence-electron chi connectivity index (χ0n) is 14.9. The van der Waals surface area contributed by atoms with Crippen LogP contribution in [0.3, 0.4) is 0 Å². The summed E-state index contributed by atoms with van der Waals surface area (Å²) in [5.74, 6) is -2.32. The van der Waals surface area contributed by atoms with Crippen LogP contribution in [0.15, 0.2) is 12.2 Å². The second-order valence-electron chi connectivity index (χ2n) is 5.99. The molecule has 0 aliphatic rings. The number of aliphatic hydroxyl groups excluding tert-OH is 1. The van der Waals surface area contributed by atoms with Crippen molar-refractivity contribution in [3.8, 4) is 0 Å². The van der Waals surface area contributed by atoms with Crippen molar-refractivity contribution in [2.75, 3.05) is 39.3 Å². The molecule has 0 saturated carbocycles.